The predicted molar refractivity (Wildman–Crippen MR) is 60.4 cm³/mol. The third-order valence-electron chi connectivity index (χ3n) is 3.04. The molecule has 94 valence electrons. The zero-order valence-electron chi connectivity index (χ0n) is 9.99. The van der Waals surface area contributed by atoms with Gasteiger partial charge in [-0.05, 0) is 6.92 Å². The third-order valence-corrected chi connectivity index (χ3v) is 3.04. The van der Waals surface area contributed by atoms with Crippen LogP contribution in [-0.4, -0.2) is 42.4 Å². The van der Waals surface area contributed by atoms with Crippen LogP contribution in [0.4, 0.5) is 10.2 Å². The van der Waals surface area contributed by atoms with Crippen molar-refractivity contribution in [3.8, 4) is 0 Å². The summed E-state index contributed by atoms with van der Waals surface area (Å²) < 4.78 is 24.4. The number of rotatable bonds is 4. The number of nitrogens with one attached hydrogen (secondary N) is 1. The standard InChI is InChI=1S/C11H16FN3O2/c1-8-9(12)10(15-7-14-8)13-5-11(16-2)3-4-17-6-11/h7H,3-6H2,1-2H3,(H,13,14,15). The van der Waals surface area contributed by atoms with Gasteiger partial charge in [-0.15, -0.1) is 0 Å². The van der Waals surface area contributed by atoms with E-state index in [9.17, 15) is 4.39 Å². The van der Waals surface area contributed by atoms with Crippen LogP contribution in [0.5, 0.6) is 0 Å². The van der Waals surface area contributed by atoms with Gasteiger partial charge in [-0.2, -0.15) is 0 Å². The first kappa shape index (κ1) is 12.2. The van der Waals surface area contributed by atoms with Gasteiger partial charge < -0.3 is 14.8 Å². The number of aromatic nitrogens is 2. The summed E-state index contributed by atoms with van der Waals surface area (Å²) in [5.41, 5.74) is -0.0534. The average Bonchev–Trinajstić information content (AvgIpc) is 2.81. The monoisotopic (exact) mass is 241 g/mol. The quantitative estimate of drug-likeness (QED) is 0.856. The SMILES string of the molecule is COC1(CNc2ncnc(C)c2F)CCOC1. The highest BCUT2D eigenvalue weighted by Crippen LogP contribution is 2.23. The highest BCUT2D eigenvalue weighted by molar-refractivity contribution is 5.37. The van der Waals surface area contributed by atoms with Crippen molar-refractivity contribution >= 4 is 5.82 Å². The van der Waals surface area contributed by atoms with Gasteiger partial charge in [0.25, 0.3) is 0 Å². The number of hydrogen-bond donors (Lipinski definition) is 1. The molecule has 0 aromatic carbocycles. The molecule has 0 radical (unpaired) electrons. The second kappa shape index (κ2) is 4.93. The van der Waals surface area contributed by atoms with Crippen LogP contribution in [0.1, 0.15) is 12.1 Å². The molecule has 0 saturated carbocycles. The van der Waals surface area contributed by atoms with E-state index in [1.165, 1.54) is 6.33 Å². The lowest BCUT2D eigenvalue weighted by Crippen LogP contribution is -2.40. The molecule has 2 heterocycles. The minimum atomic E-state index is -0.419. The first-order valence-electron chi connectivity index (χ1n) is 5.51. The maximum atomic E-state index is 13.6. The van der Waals surface area contributed by atoms with E-state index in [-0.39, 0.29) is 11.4 Å². The number of anilines is 1. The molecule has 1 aromatic rings. The van der Waals surface area contributed by atoms with Crippen molar-refractivity contribution in [2.75, 3.05) is 32.2 Å². The van der Waals surface area contributed by atoms with E-state index in [2.05, 4.69) is 15.3 Å². The molecule has 1 aliphatic heterocycles. The first-order chi connectivity index (χ1) is 8.17. The van der Waals surface area contributed by atoms with Crippen molar-refractivity contribution in [1.29, 1.82) is 0 Å². The van der Waals surface area contributed by atoms with E-state index < -0.39 is 5.82 Å². The molecule has 17 heavy (non-hydrogen) atoms. The second-order valence-electron chi connectivity index (χ2n) is 4.16. The topological polar surface area (TPSA) is 56.3 Å². The lowest BCUT2D eigenvalue weighted by Gasteiger charge is -2.26. The normalized spacial score (nSPS) is 23.9. The summed E-state index contributed by atoms with van der Waals surface area (Å²) >= 11 is 0. The fourth-order valence-electron chi connectivity index (χ4n) is 1.79. The fourth-order valence-corrected chi connectivity index (χ4v) is 1.79. The number of halogens is 1. The lowest BCUT2D eigenvalue weighted by molar-refractivity contribution is -0.00630. The van der Waals surface area contributed by atoms with Crippen LogP contribution in [0.15, 0.2) is 6.33 Å². The highest BCUT2D eigenvalue weighted by Gasteiger charge is 2.35. The van der Waals surface area contributed by atoms with Gasteiger partial charge in [-0.3, -0.25) is 0 Å². The average molecular weight is 241 g/mol. The van der Waals surface area contributed by atoms with Crippen molar-refractivity contribution in [3.05, 3.63) is 17.8 Å². The minimum absolute atomic E-state index is 0.209. The maximum absolute atomic E-state index is 13.6. The summed E-state index contributed by atoms with van der Waals surface area (Å²) in [6.45, 7) is 3.26. The Kier molecular flexibility index (Phi) is 3.54. The molecular formula is C11H16FN3O2. The minimum Gasteiger partial charge on any atom is -0.378 e. The number of methoxy groups -OCH3 is 1. The zero-order valence-corrected chi connectivity index (χ0v) is 9.99. The van der Waals surface area contributed by atoms with Gasteiger partial charge in [0.15, 0.2) is 11.6 Å². The van der Waals surface area contributed by atoms with E-state index >= 15 is 0 Å². The van der Waals surface area contributed by atoms with Crippen molar-refractivity contribution in [2.24, 2.45) is 0 Å². The number of ether oxygens (including phenoxy) is 2. The number of nitrogens with zero attached hydrogens (tertiary/aromatic N) is 2. The van der Waals surface area contributed by atoms with Crippen molar-refractivity contribution in [3.63, 3.8) is 0 Å². The Morgan fingerprint density at radius 2 is 2.41 bits per heavy atom. The molecule has 1 N–H and O–H groups in total. The van der Waals surface area contributed by atoms with Crippen molar-refractivity contribution < 1.29 is 13.9 Å². The van der Waals surface area contributed by atoms with Crippen LogP contribution < -0.4 is 5.32 Å². The maximum Gasteiger partial charge on any atom is 0.186 e. The van der Waals surface area contributed by atoms with Crippen molar-refractivity contribution in [2.45, 2.75) is 18.9 Å². The second-order valence-corrected chi connectivity index (χ2v) is 4.16. The van der Waals surface area contributed by atoms with Gasteiger partial charge in [0.2, 0.25) is 0 Å². The molecule has 1 fully saturated rings. The zero-order chi connectivity index (χ0) is 12.3. The van der Waals surface area contributed by atoms with Gasteiger partial charge in [-0.1, -0.05) is 0 Å². The molecular weight excluding hydrogens is 225 g/mol. The third kappa shape index (κ3) is 2.53. The molecule has 1 aromatic heterocycles. The van der Waals surface area contributed by atoms with E-state index in [4.69, 9.17) is 9.47 Å². The van der Waals surface area contributed by atoms with Gasteiger partial charge in [0.05, 0.1) is 12.3 Å². The van der Waals surface area contributed by atoms with Crippen LogP contribution in [0.3, 0.4) is 0 Å². The van der Waals surface area contributed by atoms with Crippen LogP contribution >= 0.6 is 0 Å². The summed E-state index contributed by atoms with van der Waals surface area (Å²) in [5.74, 6) is -0.210. The van der Waals surface area contributed by atoms with Gasteiger partial charge >= 0.3 is 0 Å². The first-order valence-corrected chi connectivity index (χ1v) is 5.51. The molecule has 6 heteroatoms. The molecule has 0 aliphatic carbocycles. The summed E-state index contributed by atoms with van der Waals surface area (Å²) in [5, 5.41) is 2.96. The summed E-state index contributed by atoms with van der Waals surface area (Å²) in [6, 6.07) is 0. The van der Waals surface area contributed by atoms with E-state index in [0.29, 0.717) is 25.5 Å². The molecule has 1 aliphatic rings. The van der Waals surface area contributed by atoms with Gasteiger partial charge in [-0.25, -0.2) is 14.4 Å². The predicted octanol–water partition coefficient (Wildman–Crippen LogP) is 1.14. The molecule has 0 bridgehead atoms. The Balaban J connectivity index is 2.04. The van der Waals surface area contributed by atoms with E-state index in [1.54, 1.807) is 14.0 Å². The Hall–Kier alpha value is -1.27. The Morgan fingerprint density at radius 3 is 3.06 bits per heavy atom. The van der Waals surface area contributed by atoms with Gasteiger partial charge in [0.1, 0.15) is 11.9 Å². The number of aryl methyl sites for hydroxylation is 1. The van der Waals surface area contributed by atoms with E-state index in [1.807, 2.05) is 0 Å². The molecule has 1 saturated heterocycles. The summed E-state index contributed by atoms with van der Waals surface area (Å²) in [4.78, 5) is 7.65. The van der Waals surface area contributed by atoms with Crippen LogP contribution in [0, 0.1) is 12.7 Å². The molecule has 5 nitrogen and oxygen atoms in total. The number of hydrogen-bond acceptors (Lipinski definition) is 5. The van der Waals surface area contributed by atoms with Crippen LogP contribution in [0.2, 0.25) is 0 Å². The lowest BCUT2D eigenvalue weighted by atomic mass is 10.0. The fraction of sp³-hybridized carbons (Fsp3) is 0.636. The summed E-state index contributed by atoms with van der Waals surface area (Å²) in [7, 11) is 1.64. The molecule has 1 unspecified atom stereocenters. The van der Waals surface area contributed by atoms with Crippen molar-refractivity contribution in [1.82, 2.24) is 9.97 Å². The highest BCUT2D eigenvalue weighted by atomic mass is 19.1. The summed E-state index contributed by atoms with van der Waals surface area (Å²) in [6.07, 6.45) is 2.13. The Labute approximate surface area is 99.4 Å². The van der Waals surface area contributed by atoms with Crippen LogP contribution in [0.25, 0.3) is 0 Å². The molecule has 0 amide bonds. The van der Waals surface area contributed by atoms with Crippen LogP contribution in [-0.2, 0) is 9.47 Å². The molecule has 1 atom stereocenters. The van der Waals surface area contributed by atoms with E-state index in [0.717, 1.165) is 6.42 Å². The Bertz CT molecular complexity index is 394. The molecule has 2 rings (SSSR count). The molecule has 0 spiro atoms. The Morgan fingerprint density at radius 1 is 1.59 bits per heavy atom. The largest absolute Gasteiger partial charge is 0.378 e. The smallest absolute Gasteiger partial charge is 0.186 e. The van der Waals surface area contributed by atoms with Gasteiger partial charge in [0, 0.05) is 26.7 Å².